The summed E-state index contributed by atoms with van der Waals surface area (Å²) in [5, 5.41) is 0. The van der Waals surface area contributed by atoms with Gasteiger partial charge in [0.1, 0.15) is 17.3 Å². The minimum atomic E-state index is -0.226. The number of furan rings is 1. The Morgan fingerprint density at radius 3 is 2.61 bits per heavy atom. The van der Waals surface area contributed by atoms with Crippen molar-refractivity contribution in [2.45, 2.75) is 26.3 Å². The van der Waals surface area contributed by atoms with Crippen LogP contribution in [0.15, 0.2) is 34.7 Å². The molecule has 2 aromatic rings. The number of nitrogens with two attached hydrogens (primary N) is 1. The highest BCUT2D eigenvalue weighted by atomic mass is 16.5. The van der Waals surface area contributed by atoms with E-state index in [1.807, 2.05) is 37.3 Å². The van der Waals surface area contributed by atoms with E-state index in [2.05, 4.69) is 6.92 Å². The van der Waals surface area contributed by atoms with Crippen LogP contribution >= 0.6 is 0 Å². The molecule has 96 valence electrons. The van der Waals surface area contributed by atoms with E-state index in [9.17, 15) is 0 Å². The van der Waals surface area contributed by atoms with Gasteiger partial charge in [-0.2, -0.15) is 0 Å². The third kappa shape index (κ3) is 2.41. The zero-order valence-corrected chi connectivity index (χ0v) is 11.1. The number of aryl methyl sites for hydroxylation is 2. The lowest BCUT2D eigenvalue weighted by Crippen LogP contribution is -2.12. The van der Waals surface area contributed by atoms with Crippen LogP contribution in [0, 0.1) is 6.92 Å². The predicted octanol–water partition coefficient (Wildman–Crippen LogP) is 3.21. The number of methoxy groups -OCH3 is 1. The molecule has 0 aliphatic rings. The molecule has 1 aromatic heterocycles. The van der Waals surface area contributed by atoms with Crippen molar-refractivity contribution in [2.24, 2.45) is 5.73 Å². The smallest absolute Gasteiger partial charge is 0.125 e. The highest BCUT2D eigenvalue weighted by molar-refractivity contribution is 5.39. The first-order chi connectivity index (χ1) is 8.65. The third-order valence-electron chi connectivity index (χ3n) is 3.15. The Hall–Kier alpha value is -1.74. The average molecular weight is 245 g/mol. The summed E-state index contributed by atoms with van der Waals surface area (Å²) in [5.74, 6) is 2.61. The molecule has 0 amide bonds. The van der Waals surface area contributed by atoms with Gasteiger partial charge in [0, 0.05) is 6.42 Å². The molecule has 0 radical (unpaired) electrons. The monoisotopic (exact) mass is 245 g/mol. The van der Waals surface area contributed by atoms with Crippen LogP contribution in [0.25, 0.3) is 0 Å². The van der Waals surface area contributed by atoms with Crippen LogP contribution in [0.5, 0.6) is 5.75 Å². The summed E-state index contributed by atoms with van der Waals surface area (Å²) in [5.41, 5.74) is 8.41. The minimum Gasteiger partial charge on any atom is -0.497 e. The number of rotatable bonds is 4. The number of hydrogen-bond donors (Lipinski definition) is 1. The molecule has 3 nitrogen and oxygen atoms in total. The normalized spacial score (nSPS) is 12.4. The van der Waals surface area contributed by atoms with Gasteiger partial charge in [-0.15, -0.1) is 0 Å². The molecule has 0 saturated heterocycles. The average Bonchev–Trinajstić information content (AvgIpc) is 2.86. The molecule has 0 bridgehead atoms. The quantitative estimate of drug-likeness (QED) is 0.899. The summed E-state index contributed by atoms with van der Waals surface area (Å²) < 4.78 is 10.9. The zero-order chi connectivity index (χ0) is 13.1. The van der Waals surface area contributed by atoms with Gasteiger partial charge in [0.25, 0.3) is 0 Å². The standard InChI is InChI=1S/C15H19NO2/c1-4-11-6-8-14(18-11)15(16)13-7-5-12(17-3)9-10(13)2/h5-9,15H,4,16H2,1-3H3. The van der Waals surface area contributed by atoms with E-state index in [0.717, 1.165) is 34.8 Å². The van der Waals surface area contributed by atoms with Crippen LogP contribution in [0.4, 0.5) is 0 Å². The van der Waals surface area contributed by atoms with Gasteiger partial charge in [-0.25, -0.2) is 0 Å². The Balaban J connectivity index is 2.30. The fourth-order valence-corrected chi connectivity index (χ4v) is 2.03. The summed E-state index contributed by atoms with van der Waals surface area (Å²) in [6, 6.07) is 9.61. The summed E-state index contributed by atoms with van der Waals surface area (Å²) in [4.78, 5) is 0. The Morgan fingerprint density at radius 2 is 2.06 bits per heavy atom. The van der Waals surface area contributed by atoms with E-state index in [1.54, 1.807) is 7.11 Å². The maximum Gasteiger partial charge on any atom is 0.125 e. The lowest BCUT2D eigenvalue weighted by Gasteiger charge is -2.13. The molecule has 2 N–H and O–H groups in total. The molecule has 2 rings (SSSR count). The van der Waals surface area contributed by atoms with Gasteiger partial charge in [0.05, 0.1) is 13.2 Å². The topological polar surface area (TPSA) is 48.4 Å². The highest BCUT2D eigenvalue weighted by Gasteiger charge is 2.15. The Morgan fingerprint density at radius 1 is 1.28 bits per heavy atom. The third-order valence-corrected chi connectivity index (χ3v) is 3.15. The van der Waals surface area contributed by atoms with Crippen molar-refractivity contribution in [1.82, 2.24) is 0 Å². The summed E-state index contributed by atoms with van der Waals surface area (Å²) >= 11 is 0. The molecule has 0 saturated carbocycles. The fourth-order valence-electron chi connectivity index (χ4n) is 2.03. The molecule has 0 spiro atoms. The van der Waals surface area contributed by atoms with Crippen molar-refractivity contribution >= 4 is 0 Å². The first-order valence-electron chi connectivity index (χ1n) is 6.14. The van der Waals surface area contributed by atoms with Crippen molar-refractivity contribution in [1.29, 1.82) is 0 Å². The van der Waals surface area contributed by atoms with Gasteiger partial charge < -0.3 is 14.9 Å². The molecule has 1 heterocycles. The number of benzene rings is 1. The molecule has 0 fully saturated rings. The number of ether oxygens (including phenoxy) is 1. The number of hydrogen-bond acceptors (Lipinski definition) is 3. The van der Waals surface area contributed by atoms with Crippen LogP contribution in [0.2, 0.25) is 0 Å². The van der Waals surface area contributed by atoms with Gasteiger partial charge >= 0.3 is 0 Å². The van der Waals surface area contributed by atoms with Crippen LogP contribution < -0.4 is 10.5 Å². The molecular formula is C15H19NO2. The van der Waals surface area contributed by atoms with Crippen LogP contribution in [-0.2, 0) is 6.42 Å². The van der Waals surface area contributed by atoms with Gasteiger partial charge in [-0.3, -0.25) is 0 Å². The van der Waals surface area contributed by atoms with Crippen LogP contribution in [0.3, 0.4) is 0 Å². The Kier molecular flexibility index (Phi) is 3.72. The molecule has 1 atom stereocenters. The Labute approximate surface area is 108 Å². The van der Waals surface area contributed by atoms with Crippen molar-refractivity contribution in [3.05, 3.63) is 53.0 Å². The maximum absolute atomic E-state index is 6.24. The molecule has 18 heavy (non-hydrogen) atoms. The molecule has 0 aliphatic heterocycles. The highest BCUT2D eigenvalue weighted by Crippen LogP contribution is 2.27. The Bertz CT molecular complexity index is 531. The summed E-state index contributed by atoms with van der Waals surface area (Å²) in [6.45, 7) is 4.09. The lowest BCUT2D eigenvalue weighted by atomic mass is 10.00. The van der Waals surface area contributed by atoms with Gasteiger partial charge in [-0.1, -0.05) is 13.0 Å². The SMILES string of the molecule is CCc1ccc(C(N)c2ccc(OC)cc2C)o1. The van der Waals surface area contributed by atoms with Crippen molar-refractivity contribution in [3.8, 4) is 5.75 Å². The van der Waals surface area contributed by atoms with Gasteiger partial charge in [0.2, 0.25) is 0 Å². The van der Waals surface area contributed by atoms with Gasteiger partial charge in [-0.05, 0) is 42.3 Å². The molecular weight excluding hydrogens is 226 g/mol. The van der Waals surface area contributed by atoms with Crippen LogP contribution in [-0.4, -0.2) is 7.11 Å². The first kappa shape index (κ1) is 12.7. The lowest BCUT2D eigenvalue weighted by molar-refractivity contribution is 0.413. The van der Waals surface area contributed by atoms with E-state index >= 15 is 0 Å². The van der Waals surface area contributed by atoms with E-state index in [4.69, 9.17) is 14.9 Å². The molecule has 3 heteroatoms. The summed E-state index contributed by atoms with van der Waals surface area (Å²) in [6.07, 6.45) is 0.883. The molecule has 1 unspecified atom stereocenters. The van der Waals surface area contributed by atoms with E-state index in [0.29, 0.717) is 0 Å². The fraction of sp³-hybridized carbons (Fsp3) is 0.333. The van der Waals surface area contributed by atoms with Gasteiger partial charge in [0.15, 0.2) is 0 Å². The molecule has 1 aromatic carbocycles. The van der Waals surface area contributed by atoms with E-state index in [-0.39, 0.29) is 6.04 Å². The van der Waals surface area contributed by atoms with Crippen molar-refractivity contribution in [2.75, 3.05) is 7.11 Å². The molecule has 0 aliphatic carbocycles. The predicted molar refractivity (Wildman–Crippen MR) is 71.8 cm³/mol. The van der Waals surface area contributed by atoms with E-state index < -0.39 is 0 Å². The van der Waals surface area contributed by atoms with Crippen molar-refractivity contribution in [3.63, 3.8) is 0 Å². The minimum absolute atomic E-state index is 0.226. The second-order valence-corrected chi connectivity index (χ2v) is 4.36. The summed E-state index contributed by atoms with van der Waals surface area (Å²) in [7, 11) is 1.66. The second-order valence-electron chi connectivity index (χ2n) is 4.36. The first-order valence-corrected chi connectivity index (χ1v) is 6.14. The van der Waals surface area contributed by atoms with Crippen molar-refractivity contribution < 1.29 is 9.15 Å². The largest absolute Gasteiger partial charge is 0.497 e. The van der Waals surface area contributed by atoms with E-state index in [1.165, 1.54) is 0 Å². The zero-order valence-electron chi connectivity index (χ0n) is 11.1. The second kappa shape index (κ2) is 5.27. The van der Waals surface area contributed by atoms with Crippen LogP contribution in [0.1, 0.15) is 35.6 Å². The maximum atomic E-state index is 6.24.